The van der Waals surface area contributed by atoms with Crippen molar-refractivity contribution >= 4 is 28.4 Å². The number of anilines is 2. The minimum Gasteiger partial charge on any atom is -0.478 e. The molecule has 6 nitrogen and oxygen atoms in total. The lowest BCUT2D eigenvalue weighted by atomic mass is 10.1. The van der Waals surface area contributed by atoms with Crippen molar-refractivity contribution in [1.82, 2.24) is 14.8 Å². The molecule has 0 saturated heterocycles. The number of nitrogens with zero attached hydrogens (tertiary/aromatic N) is 3. The smallest absolute Gasteiger partial charge is 0.339 e. The number of benzene rings is 1. The Balaban J connectivity index is 2.21. The van der Waals surface area contributed by atoms with Crippen molar-refractivity contribution in [3.8, 4) is 0 Å². The van der Waals surface area contributed by atoms with E-state index >= 15 is 0 Å². The molecule has 0 aliphatic carbocycles. The summed E-state index contributed by atoms with van der Waals surface area (Å²) in [6, 6.07) is 5.90. The Hall–Kier alpha value is -2.89. The number of aromatic nitrogens is 3. The van der Waals surface area contributed by atoms with Crippen molar-refractivity contribution < 1.29 is 9.90 Å². The fourth-order valence-corrected chi connectivity index (χ4v) is 2.58. The van der Waals surface area contributed by atoms with Gasteiger partial charge in [0.05, 0.1) is 17.3 Å². The predicted molar refractivity (Wildman–Crippen MR) is 89.4 cm³/mol. The van der Waals surface area contributed by atoms with Crippen LogP contribution in [0.4, 0.5) is 11.4 Å². The van der Waals surface area contributed by atoms with Crippen LogP contribution in [0.15, 0.2) is 30.6 Å². The first-order valence-electron chi connectivity index (χ1n) is 7.44. The molecule has 0 atom stereocenters. The molecule has 0 aliphatic rings. The zero-order chi connectivity index (χ0) is 16.6. The second kappa shape index (κ2) is 5.72. The van der Waals surface area contributed by atoms with Crippen LogP contribution in [0.1, 0.15) is 28.4 Å². The van der Waals surface area contributed by atoms with E-state index in [2.05, 4.69) is 15.4 Å². The van der Waals surface area contributed by atoms with E-state index in [1.807, 2.05) is 39.0 Å². The number of nitrogens with one attached hydrogen (secondary N) is 1. The summed E-state index contributed by atoms with van der Waals surface area (Å²) >= 11 is 0. The third-order valence-corrected chi connectivity index (χ3v) is 4.06. The molecular weight excluding hydrogens is 292 g/mol. The van der Waals surface area contributed by atoms with Gasteiger partial charge in [-0.15, -0.1) is 0 Å². The van der Waals surface area contributed by atoms with Gasteiger partial charge in [0.25, 0.3) is 0 Å². The number of pyridine rings is 1. The van der Waals surface area contributed by atoms with Crippen molar-refractivity contribution in [2.75, 3.05) is 5.32 Å². The lowest BCUT2D eigenvalue weighted by molar-refractivity contribution is 0.0697. The summed E-state index contributed by atoms with van der Waals surface area (Å²) in [5, 5.41) is 17.7. The van der Waals surface area contributed by atoms with Crippen molar-refractivity contribution in [1.29, 1.82) is 0 Å². The molecular formula is C17H18N4O2. The molecule has 0 unspecified atom stereocenters. The van der Waals surface area contributed by atoms with E-state index < -0.39 is 5.97 Å². The van der Waals surface area contributed by atoms with Gasteiger partial charge in [0.2, 0.25) is 0 Å². The molecule has 0 fully saturated rings. The second-order valence-corrected chi connectivity index (χ2v) is 5.42. The summed E-state index contributed by atoms with van der Waals surface area (Å²) in [4.78, 5) is 15.8. The number of fused-ring (bicyclic) bond motifs is 1. The normalized spacial score (nSPS) is 10.9. The van der Waals surface area contributed by atoms with Crippen LogP contribution in [0.3, 0.4) is 0 Å². The maximum absolute atomic E-state index is 11.6. The zero-order valence-corrected chi connectivity index (χ0v) is 13.3. The molecule has 2 heterocycles. The van der Waals surface area contributed by atoms with Crippen LogP contribution in [0.5, 0.6) is 0 Å². The maximum atomic E-state index is 11.6. The Labute approximate surface area is 133 Å². The highest BCUT2D eigenvalue weighted by atomic mass is 16.4. The number of carbonyl (C=O) groups is 1. The third-order valence-electron chi connectivity index (χ3n) is 4.06. The Kier molecular flexibility index (Phi) is 3.73. The molecule has 3 aromatic rings. The van der Waals surface area contributed by atoms with Gasteiger partial charge in [-0.25, -0.2) is 14.5 Å². The highest BCUT2D eigenvalue weighted by Crippen LogP contribution is 2.31. The first-order chi connectivity index (χ1) is 11.0. The standard InChI is InChI=1S/C17H18N4O2/c1-4-21-16-12(9-19-21)15(13(8-18-16)17(22)23)20-14-7-5-6-10(2)11(14)3/h5-9H,4H2,1-3H3,(H,18,20)(H,22,23). The van der Waals surface area contributed by atoms with Crippen LogP contribution in [-0.2, 0) is 6.54 Å². The Bertz CT molecular complexity index is 899. The van der Waals surface area contributed by atoms with E-state index in [0.717, 1.165) is 16.8 Å². The van der Waals surface area contributed by atoms with Crippen molar-refractivity contribution in [2.45, 2.75) is 27.3 Å². The van der Waals surface area contributed by atoms with Crippen LogP contribution in [-0.4, -0.2) is 25.8 Å². The van der Waals surface area contributed by atoms with Gasteiger partial charge >= 0.3 is 5.97 Å². The number of hydrogen-bond acceptors (Lipinski definition) is 4. The SMILES string of the molecule is CCn1ncc2c(Nc3cccc(C)c3C)c(C(=O)O)cnc21. The van der Waals surface area contributed by atoms with E-state index in [4.69, 9.17) is 0 Å². The molecule has 23 heavy (non-hydrogen) atoms. The predicted octanol–water partition coefficient (Wildman–Crippen LogP) is 3.51. The molecule has 1 aromatic carbocycles. The van der Waals surface area contributed by atoms with Crippen molar-refractivity contribution in [3.05, 3.63) is 47.3 Å². The molecule has 0 saturated carbocycles. The number of carboxylic acids is 1. The van der Waals surface area contributed by atoms with E-state index in [9.17, 15) is 9.90 Å². The number of hydrogen-bond donors (Lipinski definition) is 2. The summed E-state index contributed by atoms with van der Waals surface area (Å²) < 4.78 is 1.75. The summed E-state index contributed by atoms with van der Waals surface area (Å²) in [7, 11) is 0. The molecule has 3 rings (SSSR count). The summed E-state index contributed by atoms with van der Waals surface area (Å²) in [5.41, 5.74) is 4.43. The van der Waals surface area contributed by atoms with Crippen LogP contribution in [0.2, 0.25) is 0 Å². The fraction of sp³-hybridized carbons (Fsp3) is 0.235. The summed E-state index contributed by atoms with van der Waals surface area (Å²) in [6.07, 6.45) is 3.04. The first kappa shape index (κ1) is 15.0. The lowest BCUT2D eigenvalue weighted by Crippen LogP contribution is -2.06. The number of aryl methyl sites for hydroxylation is 2. The second-order valence-electron chi connectivity index (χ2n) is 5.42. The van der Waals surface area contributed by atoms with E-state index in [0.29, 0.717) is 23.3 Å². The topological polar surface area (TPSA) is 80.0 Å². The molecule has 2 aromatic heterocycles. The molecule has 0 radical (unpaired) electrons. The van der Waals surface area contributed by atoms with Gasteiger partial charge in [0.15, 0.2) is 5.65 Å². The molecule has 0 aliphatic heterocycles. The van der Waals surface area contributed by atoms with Gasteiger partial charge in [0.1, 0.15) is 5.56 Å². The van der Waals surface area contributed by atoms with Gasteiger partial charge in [-0.3, -0.25) is 0 Å². The Morgan fingerprint density at radius 1 is 1.30 bits per heavy atom. The van der Waals surface area contributed by atoms with Gasteiger partial charge in [-0.1, -0.05) is 12.1 Å². The molecule has 0 spiro atoms. The van der Waals surface area contributed by atoms with E-state index in [-0.39, 0.29) is 5.56 Å². The minimum atomic E-state index is -1.02. The van der Waals surface area contributed by atoms with Crippen LogP contribution in [0.25, 0.3) is 11.0 Å². The Morgan fingerprint density at radius 2 is 2.09 bits per heavy atom. The minimum absolute atomic E-state index is 0.133. The average molecular weight is 310 g/mol. The number of rotatable bonds is 4. The van der Waals surface area contributed by atoms with E-state index in [1.165, 1.54) is 6.20 Å². The number of aromatic carboxylic acids is 1. The van der Waals surface area contributed by atoms with Gasteiger partial charge in [-0.2, -0.15) is 5.10 Å². The van der Waals surface area contributed by atoms with Gasteiger partial charge < -0.3 is 10.4 Å². The fourth-order valence-electron chi connectivity index (χ4n) is 2.58. The van der Waals surface area contributed by atoms with Crippen molar-refractivity contribution in [2.24, 2.45) is 0 Å². The van der Waals surface area contributed by atoms with Crippen LogP contribution >= 0.6 is 0 Å². The van der Waals surface area contributed by atoms with Crippen molar-refractivity contribution in [3.63, 3.8) is 0 Å². The molecule has 2 N–H and O–H groups in total. The monoisotopic (exact) mass is 310 g/mol. The summed E-state index contributed by atoms with van der Waals surface area (Å²) in [6.45, 7) is 6.67. The zero-order valence-electron chi connectivity index (χ0n) is 13.3. The highest BCUT2D eigenvalue weighted by molar-refractivity contribution is 6.04. The highest BCUT2D eigenvalue weighted by Gasteiger charge is 2.18. The lowest BCUT2D eigenvalue weighted by Gasteiger charge is -2.14. The molecule has 6 heteroatoms. The average Bonchev–Trinajstić information content (AvgIpc) is 2.95. The molecule has 0 amide bonds. The number of carboxylic acid groups (broad SMARTS) is 1. The summed E-state index contributed by atoms with van der Waals surface area (Å²) in [5.74, 6) is -1.02. The van der Waals surface area contributed by atoms with Gasteiger partial charge in [0, 0.05) is 18.4 Å². The largest absolute Gasteiger partial charge is 0.478 e. The maximum Gasteiger partial charge on any atom is 0.339 e. The molecule has 118 valence electrons. The third kappa shape index (κ3) is 2.52. The van der Waals surface area contributed by atoms with Crippen LogP contribution < -0.4 is 5.32 Å². The van der Waals surface area contributed by atoms with E-state index in [1.54, 1.807) is 10.9 Å². The first-order valence-corrected chi connectivity index (χ1v) is 7.44. The van der Waals surface area contributed by atoms with Gasteiger partial charge in [-0.05, 0) is 38.0 Å². The van der Waals surface area contributed by atoms with Crippen LogP contribution in [0, 0.1) is 13.8 Å². The quantitative estimate of drug-likeness (QED) is 0.771. The molecule has 0 bridgehead atoms. The Morgan fingerprint density at radius 3 is 2.78 bits per heavy atom.